The van der Waals surface area contributed by atoms with Crippen molar-refractivity contribution >= 4 is 51.9 Å². The van der Waals surface area contributed by atoms with E-state index in [9.17, 15) is 4.79 Å². The lowest BCUT2D eigenvalue weighted by Crippen LogP contribution is -2.58. The third-order valence-corrected chi connectivity index (χ3v) is 7.83. The van der Waals surface area contributed by atoms with Crippen LogP contribution in [0, 0.1) is 11.7 Å². The molecular formula is C26H34ClFN6O2. The van der Waals surface area contributed by atoms with Gasteiger partial charge in [-0.05, 0) is 52.9 Å². The highest BCUT2D eigenvalue weighted by Crippen LogP contribution is 2.47. The van der Waals surface area contributed by atoms with Gasteiger partial charge in [0.15, 0.2) is 11.6 Å². The van der Waals surface area contributed by atoms with E-state index in [0.717, 1.165) is 19.5 Å². The SMILES string of the molecule is C=Cc1cc(Cl)c(F)c2nc(N3CC(N(C)C)C3)c(N)c(NC3C4CC3N(C(=O)OC(C)(C)C)C4)c12. The summed E-state index contributed by atoms with van der Waals surface area (Å²) in [6.45, 7) is 11.6. The lowest BCUT2D eigenvalue weighted by molar-refractivity contribution is 0.0239. The zero-order valence-electron chi connectivity index (χ0n) is 21.4. The number of fused-ring (bicyclic) bond motifs is 2. The van der Waals surface area contributed by atoms with Crippen LogP contribution in [0.4, 0.5) is 26.4 Å². The highest BCUT2D eigenvalue weighted by Gasteiger charge is 2.55. The van der Waals surface area contributed by atoms with Gasteiger partial charge in [-0.1, -0.05) is 24.3 Å². The molecule has 6 rings (SSSR count). The molecule has 1 aliphatic carbocycles. The van der Waals surface area contributed by atoms with Crippen LogP contribution in [-0.2, 0) is 4.74 Å². The van der Waals surface area contributed by atoms with Crippen LogP contribution in [0.15, 0.2) is 12.6 Å². The molecule has 0 radical (unpaired) electrons. The third kappa shape index (κ3) is 4.02. The Hall–Kier alpha value is -2.78. The predicted octanol–water partition coefficient (Wildman–Crippen LogP) is 4.42. The van der Waals surface area contributed by atoms with Crippen molar-refractivity contribution in [2.45, 2.75) is 50.9 Å². The molecule has 36 heavy (non-hydrogen) atoms. The summed E-state index contributed by atoms with van der Waals surface area (Å²) in [4.78, 5) is 23.4. The molecule has 3 saturated heterocycles. The minimum absolute atomic E-state index is 0.0128. The molecule has 0 spiro atoms. The van der Waals surface area contributed by atoms with E-state index in [-0.39, 0.29) is 34.6 Å². The van der Waals surface area contributed by atoms with Crippen molar-refractivity contribution in [3.8, 4) is 0 Å². The van der Waals surface area contributed by atoms with Crippen LogP contribution in [0.25, 0.3) is 17.0 Å². The van der Waals surface area contributed by atoms with Crippen LogP contribution in [0.3, 0.4) is 0 Å². The first-order valence-electron chi connectivity index (χ1n) is 12.3. The summed E-state index contributed by atoms with van der Waals surface area (Å²) in [5.74, 6) is 0.202. The van der Waals surface area contributed by atoms with Crippen molar-refractivity contribution in [3.05, 3.63) is 29.0 Å². The number of aromatic nitrogens is 1. The minimum Gasteiger partial charge on any atom is -0.444 e. The number of nitrogens with two attached hydrogens (primary N) is 1. The summed E-state index contributed by atoms with van der Waals surface area (Å²) in [5.41, 5.74) is 8.05. The van der Waals surface area contributed by atoms with Crippen LogP contribution in [-0.4, -0.2) is 78.3 Å². The molecule has 1 amide bonds. The van der Waals surface area contributed by atoms with Crippen molar-refractivity contribution in [1.82, 2.24) is 14.8 Å². The van der Waals surface area contributed by atoms with Gasteiger partial charge in [-0.2, -0.15) is 0 Å². The summed E-state index contributed by atoms with van der Waals surface area (Å²) in [6.07, 6.45) is 2.21. The summed E-state index contributed by atoms with van der Waals surface area (Å²) in [6, 6.07) is 1.87. The lowest BCUT2D eigenvalue weighted by Gasteiger charge is -2.44. The zero-order valence-corrected chi connectivity index (χ0v) is 22.2. The molecule has 1 saturated carbocycles. The second-order valence-electron chi connectivity index (χ2n) is 11.3. The predicted molar refractivity (Wildman–Crippen MR) is 143 cm³/mol. The number of carbonyl (C=O) groups excluding carboxylic acids is 1. The van der Waals surface area contributed by atoms with E-state index in [1.807, 2.05) is 34.9 Å². The number of nitrogens with one attached hydrogen (secondary N) is 1. The quantitative estimate of drug-likeness (QED) is 0.608. The summed E-state index contributed by atoms with van der Waals surface area (Å²) >= 11 is 6.22. The number of nitrogen functional groups attached to an aromatic ring is 1. The Labute approximate surface area is 216 Å². The van der Waals surface area contributed by atoms with Crippen molar-refractivity contribution < 1.29 is 13.9 Å². The normalized spacial score (nSPS) is 23.6. The highest BCUT2D eigenvalue weighted by atomic mass is 35.5. The second kappa shape index (κ2) is 8.66. The molecule has 2 bridgehead atoms. The minimum atomic E-state index is -0.585. The van der Waals surface area contributed by atoms with Gasteiger partial charge in [-0.3, -0.25) is 0 Å². The van der Waals surface area contributed by atoms with Gasteiger partial charge in [0.1, 0.15) is 11.1 Å². The fourth-order valence-electron chi connectivity index (χ4n) is 5.45. The number of hydrogen-bond acceptors (Lipinski definition) is 7. The highest BCUT2D eigenvalue weighted by molar-refractivity contribution is 6.32. The number of carbonyl (C=O) groups is 1. The maximum absolute atomic E-state index is 15.3. The average Bonchev–Trinajstić information content (AvgIpc) is 3.34. The maximum Gasteiger partial charge on any atom is 0.410 e. The molecule has 10 heteroatoms. The molecular weight excluding hydrogens is 483 g/mol. The molecule has 8 nitrogen and oxygen atoms in total. The summed E-state index contributed by atoms with van der Waals surface area (Å²) in [7, 11) is 4.07. The van der Waals surface area contributed by atoms with Gasteiger partial charge in [0.2, 0.25) is 0 Å². The largest absolute Gasteiger partial charge is 0.444 e. The molecule has 2 aromatic rings. The number of ether oxygens (including phenoxy) is 1. The van der Waals surface area contributed by atoms with Crippen LogP contribution < -0.4 is 16.0 Å². The molecule has 194 valence electrons. The molecule has 1 aromatic heterocycles. The summed E-state index contributed by atoms with van der Waals surface area (Å²) in [5, 5.41) is 4.13. The molecule has 3 atom stereocenters. The Morgan fingerprint density at radius 1 is 1.36 bits per heavy atom. The van der Waals surface area contributed by atoms with Crippen molar-refractivity contribution in [3.63, 3.8) is 0 Å². The standard InChI is InChI=1S/C26H34ClFN6O2/c1-7-13-8-16(27)19(28)22-18(13)23(20(29)24(31-22)33-11-15(12-33)32(5)6)30-21-14-9-17(21)34(10-14)25(35)36-26(2,3)4/h7-8,14-15,17,21H,1,9-12,29H2,2-6H3,(H,30,31). The van der Waals surface area contributed by atoms with E-state index in [0.29, 0.717) is 40.7 Å². The second-order valence-corrected chi connectivity index (χ2v) is 11.7. The number of rotatable bonds is 5. The van der Waals surface area contributed by atoms with Gasteiger partial charge >= 0.3 is 6.09 Å². The fraction of sp³-hybridized carbons (Fsp3) is 0.538. The van der Waals surface area contributed by atoms with Gasteiger partial charge in [0.25, 0.3) is 0 Å². The van der Waals surface area contributed by atoms with Gasteiger partial charge < -0.3 is 30.5 Å². The summed E-state index contributed by atoms with van der Waals surface area (Å²) < 4.78 is 20.9. The van der Waals surface area contributed by atoms with Crippen molar-refractivity contribution in [2.75, 3.05) is 49.7 Å². The maximum atomic E-state index is 15.3. The Kier molecular flexibility index (Phi) is 5.99. The monoisotopic (exact) mass is 516 g/mol. The number of amides is 1. The van der Waals surface area contributed by atoms with Crippen LogP contribution >= 0.6 is 11.6 Å². The number of likely N-dealkylation sites (N-methyl/N-ethyl adjacent to an activating group) is 1. The van der Waals surface area contributed by atoms with Gasteiger partial charge in [-0.15, -0.1) is 0 Å². The van der Waals surface area contributed by atoms with Crippen LogP contribution in [0.2, 0.25) is 5.02 Å². The van der Waals surface area contributed by atoms with E-state index in [1.54, 1.807) is 17.0 Å². The zero-order chi connectivity index (χ0) is 26.1. The first-order chi connectivity index (χ1) is 16.9. The first kappa shape index (κ1) is 24.9. The molecule has 3 aliphatic heterocycles. The smallest absolute Gasteiger partial charge is 0.410 e. The first-order valence-corrected chi connectivity index (χ1v) is 12.7. The van der Waals surface area contributed by atoms with E-state index in [1.165, 1.54) is 0 Å². The molecule has 3 N–H and O–H groups in total. The number of benzene rings is 1. The van der Waals surface area contributed by atoms with Gasteiger partial charge in [0.05, 0.1) is 28.5 Å². The molecule has 4 aliphatic rings. The van der Waals surface area contributed by atoms with Crippen molar-refractivity contribution in [2.24, 2.45) is 5.92 Å². The van der Waals surface area contributed by atoms with Crippen molar-refractivity contribution in [1.29, 1.82) is 0 Å². The number of halogens is 2. The van der Waals surface area contributed by atoms with Crippen LogP contribution in [0.1, 0.15) is 32.8 Å². The molecule has 3 unspecified atom stereocenters. The Bertz CT molecular complexity index is 1240. The lowest BCUT2D eigenvalue weighted by atomic mass is 9.79. The number of pyridine rings is 1. The van der Waals surface area contributed by atoms with E-state index in [4.69, 9.17) is 22.1 Å². The van der Waals surface area contributed by atoms with E-state index < -0.39 is 11.4 Å². The topological polar surface area (TPSA) is 87.0 Å². The van der Waals surface area contributed by atoms with E-state index in [2.05, 4.69) is 26.7 Å². The van der Waals surface area contributed by atoms with E-state index >= 15 is 4.39 Å². The number of nitrogens with zero attached hydrogens (tertiary/aromatic N) is 4. The molecule has 4 fully saturated rings. The Balaban J connectivity index is 1.53. The third-order valence-electron chi connectivity index (χ3n) is 7.55. The number of anilines is 3. The molecule has 4 heterocycles. The van der Waals surface area contributed by atoms with Gasteiger partial charge in [0, 0.05) is 37.0 Å². The molecule has 1 aromatic carbocycles. The van der Waals surface area contributed by atoms with Gasteiger partial charge in [-0.25, -0.2) is 14.2 Å². The Morgan fingerprint density at radius 2 is 2.06 bits per heavy atom. The number of hydrogen-bond donors (Lipinski definition) is 2. The average molecular weight is 517 g/mol. The Morgan fingerprint density at radius 3 is 2.67 bits per heavy atom. The van der Waals surface area contributed by atoms with Crippen LogP contribution in [0.5, 0.6) is 0 Å². The fourth-order valence-corrected chi connectivity index (χ4v) is 5.66.